The van der Waals surface area contributed by atoms with Crippen molar-refractivity contribution >= 4 is 12.1 Å². The first-order valence-electron chi connectivity index (χ1n) is 12.6. The van der Waals surface area contributed by atoms with E-state index in [2.05, 4.69) is 18.9 Å². The van der Waals surface area contributed by atoms with Crippen LogP contribution in [0.25, 0.3) is 0 Å². The first kappa shape index (κ1) is 25.8. The quantitative estimate of drug-likeness (QED) is 0.338. The van der Waals surface area contributed by atoms with Crippen molar-refractivity contribution < 1.29 is 28.7 Å². The third-order valence-electron chi connectivity index (χ3n) is 7.92. The van der Waals surface area contributed by atoms with Crippen LogP contribution < -0.4 is 5.32 Å². The Morgan fingerprint density at radius 1 is 1.19 bits per heavy atom. The van der Waals surface area contributed by atoms with Gasteiger partial charge in [-0.2, -0.15) is 0 Å². The summed E-state index contributed by atoms with van der Waals surface area (Å²) in [5, 5.41) is 13.4. The third kappa shape index (κ3) is 5.26. The summed E-state index contributed by atoms with van der Waals surface area (Å²) < 4.78 is 12.5. The van der Waals surface area contributed by atoms with Gasteiger partial charge in [-0.25, -0.2) is 4.79 Å². The number of ether oxygens (including phenoxy) is 2. The highest BCUT2D eigenvalue weighted by atomic mass is 16.6. The maximum atomic E-state index is 12.7. The summed E-state index contributed by atoms with van der Waals surface area (Å²) in [5.74, 6) is -0.148. The molecule has 1 amide bonds. The molecule has 7 heteroatoms. The number of carbonyl (C=O) groups excluding carboxylic acids is 2. The number of carbonyl (C=O) groups is 2. The average Bonchev–Trinajstić information content (AvgIpc) is 2.83. The average molecular weight is 494 g/mol. The predicted octanol–water partition coefficient (Wildman–Crippen LogP) is 4.45. The molecule has 4 rings (SSSR count). The number of fused-ring (bicyclic) bond motifs is 1. The van der Waals surface area contributed by atoms with Crippen molar-refractivity contribution in [2.75, 3.05) is 26.7 Å². The first-order chi connectivity index (χ1) is 17.2. The lowest BCUT2D eigenvalue weighted by Gasteiger charge is -2.60. The molecule has 1 saturated heterocycles. The number of phenolic OH excluding ortho intramolecular Hbond substituents is 1. The van der Waals surface area contributed by atoms with Gasteiger partial charge in [-0.15, -0.1) is 0 Å². The molecule has 2 N–H and O–H groups in total. The van der Waals surface area contributed by atoms with E-state index in [0.717, 1.165) is 30.6 Å². The SMILES string of the molecule is C=CC[N@@+]1(C)CC[C@@]2(c3cccc(O)c3)C[C@@H](NC(=O)OCc3ccccc3)CCC2(OC(C)=O)C1. The molecule has 1 aliphatic carbocycles. The van der Waals surface area contributed by atoms with Crippen molar-refractivity contribution in [2.24, 2.45) is 0 Å². The van der Waals surface area contributed by atoms with Crippen molar-refractivity contribution in [1.82, 2.24) is 5.32 Å². The normalized spacial score (nSPS) is 29.4. The minimum atomic E-state index is -0.769. The number of quaternary nitrogens is 1. The second kappa shape index (κ2) is 10.3. The van der Waals surface area contributed by atoms with Crippen molar-refractivity contribution in [3.8, 4) is 5.75 Å². The molecule has 0 spiro atoms. The lowest BCUT2D eigenvalue weighted by atomic mass is 9.54. The van der Waals surface area contributed by atoms with Gasteiger partial charge < -0.3 is 24.4 Å². The monoisotopic (exact) mass is 493 g/mol. The molecule has 1 unspecified atom stereocenters. The van der Waals surface area contributed by atoms with Gasteiger partial charge in [0.15, 0.2) is 5.60 Å². The lowest BCUT2D eigenvalue weighted by molar-refractivity contribution is -0.917. The lowest BCUT2D eigenvalue weighted by Crippen LogP contribution is -2.72. The Hall–Kier alpha value is -3.32. The zero-order chi connectivity index (χ0) is 25.8. The molecule has 2 fully saturated rings. The maximum Gasteiger partial charge on any atom is 0.407 e. The number of piperidine rings is 1. The molecule has 0 aromatic heterocycles. The smallest absolute Gasteiger partial charge is 0.407 e. The van der Waals surface area contributed by atoms with Gasteiger partial charge in [-0.1, -0.05) is 49.0 Å². The molecule has 2 aromatic rings. The van der Waals surface area contributed by atoms with Gasteiger partial charge in [-0.3, -0.25) is 4.79 Å². The van der Waals surface area contributed by atoms with Crippen LogP contribution in [0.2, 0.25) is 0 Å². The zero-order valence-corrected chi connectivity index (χ0v) is 21.2. The van der Waals surface area contributed by atoms with Crippen molar-refractivity contribution in [1.29, 1.82) is 0 Å². The standard InChI is InChI=1S/C29H36N2O5/c1-4-16-31(3)17-15-28(24-11-8-12-26(33)18-24)19-25(13-14-29(28,21-31)36-22(2)32)30-27(34)35-20-23-9-6-5-7-10-23/h4-12,18,25H,1,13-17,19-21H2,2-3H3,(H-,30,33,34)/p+1/t25-,28-,29?,31-/m0/s1. The number of nitrogens with zero attached hydrogens (tertiary/aromatic N) is 1. The van der Waals surface area contributed by atoms with Gasteiger partial charge in [0.05, 0.1) is 20.1 Å². The van der Waals surface area contributed by atoms with E-state index in [9.17, 15) is 14.7 Å². The summed E-state index contributed by atoms with van der Waals surface area (Å²) in [7, 11) is 2.17. The Bertz CT molecular complexity index is 1110. The second-order valence-corrected chi connectivity index (χ2v) is 10.6. The van der Waals surface area contributed by atoms with Crippen LogP contribution in [-0.2, 0) is 26.3 Å². The number of amides is 1. The number of aromatic hydroxyl groups is 1. The Morgan fingerprint density at radius 3 is 2.67 bits per heavy atom. The summed E-state index contributed by atoms with van der Waals surface area (Å²) in [6.07, 6.45) is 4.03. The van der Waals surface area contributed by atoms with E-state index in [4.69, 9.17) is 9.47 Å². The molecule has 2 aliphatic rings. The van der Waals surface area contributed by atoms with E-state index in [1.54, 1.807) is 12.1 Å². The Balaban J connectivity index is 1.63. The van der Waals surface area contributed by atoms with E-state index in [0.29, 0.717) is 30.3 Å². The van der Waals surface area contributed by atoms with Crippen molar-refractivity contribution in [3.63, 3.8) is 0 Å². The number of hydrogen-bond donors (Lipinski definition) is 2. The highest BCUT2D eigenvalue weighted by Crippen LogP contribution is 2.55. The molecular formula is C29H37N2O5+. The third-order valence-corrected chi connectivity index (χ3v) is 7.92. The molecule has 0 radical (unpaired) electrons. The molecule has 36 heavy (non-hydrogen) atoms. The number of benzene rings is 2. The van der Waals surface area contributed by atoms with Crippen molar-refractivity contribution in [3.05, 3.63) is 78.4 Å². The molecule has 192 valence electrons. The molecule has 0 bridgehead atoms. The number of esters is 1. The van der Waals surface area contributed by atoms with Gasteiger partial charge in [0.2, 0.25) is 0 Å². The van der Waals surface area contributed by atoms with E-state index in [-0.39, 0.29) is 24.4 Å². The fourth-order valence-corrected chi connectivity index (χ4v) is 6.38. The van der Waals surface area contributed by atoms with Crippen LogP contribution in [0.5, 0.6) is 5.75 Å². The number of nitrogens with one attached hydrogen (secondary N) is 1. The van der Waals surface area contributed by atoms with Crippen LogP contribution in [0.4, 0.5) is 4.79 Å². The minimum Gasteiger partial charge on any atom is -0.508 e. The molecule has 1 heterocycles. The second-order valence-electron chi connectivity index (χ2n) is 10.6. The van der Waals surface area contributed by atoms with Crippen LogP contribution in [0.3, 0.4) is 0 Å². The minimum absolute atomic E-state index is 0.157. The van der Waals surface area contributed by atoms with Gasteiger partial charge in [0.25, 0.3) is 0 Å². The number of likely N-dealkylation sites (tertiary alicyclic amines) is 1. The summed E-state index contributed by atoms with van der Waals surface area (Å²) in [5.41, 5.74) is 0.520. The molecule has 7 nitrogen and oxygen atoms in total. The maximum absolute atomic E-state index is 12.7. The number of phenols is 1. The Labute approximate surface area is 213 Å². The van der Waals surface area contributed by atoms with Gasteiger partial charge in [0, 0.05) is 24.8 Å². The predicted molar refractivity (Wildman–Crippen MR) is 137 cm³/mol. The first-order valence-corrected chi connectivity index (χ1v) is 12.6. The van der Waals surface area contributed by atoms with Crippen molar-refractivity contribution in [2.45, 2.75) is 56.3 Å². The van der Waals surface area contributed by atoms with Crippen LogP contribution >= 0.6 is 0 Å². The Morgan fingerprint density at radius 2 is 1.97 bits per heavy atom. The fraction of sp³-hybridized carbons (Fsp3) is 0.448. The number of likely N-dealkylation sites (N-methyl/N-ethyl adjacent to an activating group) is 1. The highest BCUT2D eigenvalue weighted by molar-refractivity contribution is 5.68. The van der Waals surface area contributed by atoms with Gasteiger partial charge >= 0.3 is 12.1 Å². The summed E-state index contributed by atoms with van der Waals surface area (Å²) in [6.45, 7) is 7.87. The van der Waals surface area contributed by atoms with Crippen LogP contribution in [-0.4, -0.2) is 60.0 Å². The number of alkyl carbamates (subject to hydrolysis) is 1. The Kier molecular flexibility index (Phi) is 7.41. The molecule has 1 aliphatic heterocycles. The number of rotatable bonds is 7. The summed E-state index contributed by atoms with van der Waals surface area (Å²) in [6, 6.07) is 16.7. The van der Waals surface area contributed by atoms with E-state index < -0.39 is 17.1 Å². The van der Waals surface area contributed by atoms with Gasteiger partial charge in [0.1, 0.15) is 18.9 Å². The molecular weight excluding hydrogens is 456 g/mol. The fourth-order valence-electron chi connectivity index (χ4n) is 6.38. The van der Waals surface area contributed by atoms with E-state index >= 15 is 0 Å². The summed E-state index contributed by atoms with van der Waals surface area (Å²) >= 11 is 0. The number of hydrogen-bond acceptors (Lipinski definition) is 5. The highest BCUT2D eigenvalue weighted by Gasteiger charge is 2.64. The van der Waals surface area contributed by atoms with E-state index in [1.165, 1.54) is 6.92 Å². The zero-order valence-electron chi connectivity index (χ0n) is 21.2. The summed E-state index contributed by atoms with van der Waals surface area (Å²) in [4.78, 5) is 25.2. The van der Waals surface area contributed by atoms with Gasteiger partial charge in [-0.05, 0) is 48.6 Å². The van der Waals surface area contributed by atoms with E-state index in [1.807, 2.05) is 48.5 Å². The van der Waals surface area contributed by atoms with Crippen LogP contribution in [0, 0.1) is 0 Å². The molecule has 4 atom stereocenters. The molecule has 1 saturated carbocycles. The van der Waals surface area contributed by atoms with Crippen LogP contribution in [0.15, 0.2) is 67.3 Å². The topological polar surface area (TPSA) is 84.9 Å². The molecule has 2 aromatic carbocycles. The largest absolute Gasteiger partial charge is 0.508 e. The van der Waals surface area contributed by atoms with Crippen LogP contribution in [0.1, 0.15) is 43.7 Å².